The van der Waals surface area contributed by atoms with Crippen LogP contribution in [0.1, 0.15) is 11.7 Å². The van der Waals surface area contributed by atoms with Crippen molar-refractivity contribution < 1.29 is 14.3 Å². The van der Waals surface area contributed by atoms with Gasteiger partial charge in [0.25, 0.3) is 0 Å². The minimum atomic E-state index is -0.891. The van der Waals surface area contributed by atoms with Crippen LogP contribution in [0.5, 0.6) is 0 Å². The Morgan fingerprint density at radius 2 is 1.83 bits per heavy atom. The van der Waals surface area contributed by atoms with Crippen LogP contribution in [0, 0.1) is 5.82 Å². The average molecular weight is 319 g/mol. The van der Waals surface area contributed by atoms with Crippen molar-refractivity contribution in [3.05, 3.63) is 54.1 Å². The van der Waals surface area contributed by atoms with E-state index in [2.05, 4.69) is 25.9 Å². The van der Waals surface area contributed by atoms with Crippen molar-refractivity contribution in [3.8, 4) is 0 Å². The van der Waals surface area contributed by atoms with Crippen molar-refractivity contribution in [1.82, 2.24) is 20.6 Å². The Hall–Kier alpha value is -2.74. The van der Waals surface area contributed by atoms with Crippen LogP contribution in [-0.4, -0.2) is 40.7 Å². The van der Waals surface area contributed by atoms with Gasteiger partial charge in [0.15, 0.2) is 0 Å². The Kier molecular flexibility index (Phi) is 6.25. The molecular weight excluding hydrogens is 301 g/mol. The number of halogens is 1. The molecule has 2 rings (SSSR count). The molecular formula is C15H18FN5O2. The Morgan fingerprint density at radius 3 is 2.52 bits per heavy atom. The van der Waals surface area contributed by atoms with E-state index in [1.165, 1.54) is 24.3 Å². The summed E-state index contributed by atoms with van der Waals surface area (Å²) in [6.45, 7) is 0.876. The van der Waals surface area contributed by atoms with Crippen LogP contribution in [0.15, 0.2) is 42.7 Å². The van der Waals surface area contributed by atoms with Gasteiger partial charge in [-0.15, -0.1) is 0 Å². The minimum absolute atomic E-state index is 0.0344. The number of aliphatic hydroxyl groups is 1. The molecule has 0 fully saturated rings. The lowest BCUT2D eigenvalue weighted by Crippen LogP contribution is -2.39. The molecule has 0 aliphatic heterocycles. The molecule has 0 aliphatic carbocycles. The van der Waals surface area contributed by atoms with Crippen molar-refractivity contribution in [1.29, 1.82) is 0 Å². The molecule has 1 aromatic heterocycles. The summed E-state index contributed by atoms with van der Waals surface area (Å²) < 4.78 is 12.8. The monoisotopic (exact) mass is 319 g/mol. The van der Waals surface area contributed by atoms with Gasteiger partial charge >= 0.3 is 6.03 Å². The molecule has 1 aromatic carbocycles. The Balaban J connectivity index is 1.62. The number of urea groups is 1. The number of amides is 2. The van der Waals surface area contributed by atoms with Gasteiger partial charge in [0, 0.05) is 32.0 Å². The Morgan fingerprint density at radius 1 is 1.13 bits per heavy atom. The SMILES string of the molecule is O=C(NCCNc1ncccn1)NC[C@@H](O)c1ccc(F)cc1. The summed E-state index contributed by atoms with van der Waals surface area (Å²) in [4.78, 5) is 19.6. The predicted molar refractivity (Wildman–Crippen MR) is 83.3 cm³/mol. The molecule has 1 atom stereocenters. The van der Waals surface area contributed by atoms with Crippen molar-refractivity contribution in [2.45, 2.75) is 6.10 Å². The van der Waals surface area contributed by atoms with Crippen LogP contribution in [-0.2, 0) is 0 Å². The van der Waals surface area contributed by atoms with Gasteiger partial charge in [0.2, 0.25) is 5.95 Å². The lowest BCUT2D eigenvalue weighted by atomic mass is 10.1. The average Bonchev–Trinajstić information content (AvgIpc) is 2.58. The molecule has 4 N–H and O–H groups in total. The summed E-state index contributed by atoms with van der Waals surface area (Å²) in [5, 5.41) is 18.0. The highest BCUT2D eigenvalue weighted by Crippen LogP contribution is 2.12. The smallest absolute Gasteiger partial charge is 0.314 e. The third-order valence-corrected chi connectivity index (χ3v) is 2.97. The number of nitrogens with one attached hydrogen (secondary N) is 3. The molecule has 8 heteroatoms. The number of aliphatic hydroxyl groups excluding tert-OH is 1. The third-order valence-electron chi connectivity index (χ3n) is 2.97. The second-order valence-corrected chi connectivity index (χ2v) is 4.70. The zero-order chi connectivity index (χ0) is 16.5. The van der Waals surface area contributed by atoms with Crippen molar-refractivity contribution in [3.63, 3.8) is 0 Å². The number of rotatable bonds is 7. The number of hydrogen-bond donors (Lipinski definition) is 4. The number of hydrogen-bond acceptors (Lipinski definition) is 5. The first-order chi connectivity index (χ1) is 11.1. The highest BCUT2D eigenvalue weighted by atomic mass is 19.1. The summed E-state index contributed by atoms with van der Waals surface area (Å²) in [6, 6.07) is 6.78. The fourth-order valence-electron chi connectivity index (χ4n) is 1.80. The van der Waals surface area contributed by atoms with Crippen LogP contribution in [0.3, 0.4) is 0 Å². The molecule has 0 radical (unpaired) electrons. The molecule has 0 saturated heterocycles. The van der Waals surface area contributed by atoms with E-state index in [0.29, 0.717) is 24.6 Å². The van der Waals surface area contributed by atoms with Crippen LogP contribution in [0.25, 0.3) is 0 Å². The number of aromatic nitrogens is 2. The second kappa shape index (κ2) is 8.64. The molecule has 0 saturated carbocycles. The summed E-state index contributed by atoms with van der Waals surface area (Å²) >= 11 is 0. The van der Waals surface area contributed by atoms with Gasteiger partial charge in [-0.2, -0.15) is 0 Å². The lowest BCUT2D eigenvalue weighted by Gasteiger charge is -2.13. The van der Waals surface area contributed by atoms with Gasteiger partial charge in [0.05, 0.1) is 6.10 Å². The summed E-state index contributed by atoms with van der Waals surface area (Å²) in [6.07, 6.45) is 2.34. The quantitative estimate of drug-likeness (QED) is 0.572. The van der Waals surface area contributed by atoms with Gasteiger partial charge in [-0.1, -0.05) is 12.1 Å². The largest absolute Gasteiger partial charge is 0.387 e. The zero-order valence-corrected chi connectivity index (χ0v) is 12.4. The van der Waals surface area contributed by atoms with Crippen molar-refractivity contribution in [2.24, 2.45) is 0 Å². The zero-order valence-electron chi connectivity index (χ0n) is 12.4. The maximum atomic E-state index is 12.8. The summed E-state index contributed by atoms with van der Waals surface area (Å²) in [5.74, 6) is 0.114. The second-order valence-electron chi connectivity index (χ2n) is 4.70. The third kappa shape index (κ3) is 5.87. The van der Waals surface area contributed by atoms with Gasteiger partial charge in [0.1, 0.15) is 5.82 Å². The Labute approximate surface area is 133 Å². The van der Waals surface area contributed by atoms with E-state index in [1.807, 2.05) is 0 Å². The number of carbonyl (C=O) groups excluding carboxylic acids is 1. The Bertz CT molecular complexity index is 609. The molecule has 2 aromatic rings. The van der Waals surface area contributed by atoms with Crippen molar-refractivity contribution >= 4 is 12.0 Å². The molecule has 122 valence electrons. The number of benzene rings is 1. The highest BCUT2D eigenvalue weighted by Gasteiger charge is 2.09. The number of carbonyl (C=O) groups is 1. The highest BCUT2D eigenvalue weighted by molar-refractivity contribution is 5.73. The first-order valence-electron chi connectivity index (χ1n) is 7.11. The fourth-order valence-corrected chi connectivity index (χ4v) is 1.80. The van der Waals surface area contributed by atoms with E-state index in [4.69, 9.17) is 0 Å². The predicted octanol–water partition coefficient (Wildman–Crippen LogP) is 1.06. The van der Waals surface area contributed by atoms with Crippen LogP contribution in [0.2, 0.25) is 0 Å². The molecule has 23 heavy (non-hydrogen) atoms. The van der Waals surface area contributed by atoms with Gasteiger partial charge < -0.3 is 21.1 Å². The van der Waals surface area contributed by atoms with Crippen molar-refractivity contribution in [2.75, 3.05) is 25.0 Å². The van der Waals surface area contributed by atoms with Crippen LogP contribution < -0.4 is 16.0 Å². The maximum absolute atomic E-state index is 12.8. The number of nitrogens with zero attached hydrogens (tertiary/aromatic N) is 2. The topological polar surface area (TPSA) is 99.2 Å². The first-order valence-corrected chi connectivity index (χ1v) is 7.11. The molecule has 0 bridgehead atoms. The molecule has 2 amide bonds. The maximum Gasteiger partial charge on any atom is 0.314 e. The molecule has 7 nitrogen and oxygen atoms in total. The summed E-state index contributed by atoms with van der Waals surface area (Å²) in [7, 11) is 0. The first kappa shape index (κ1) is 16.6. The number of anilines is 1. The van der Waals surface area contributed by atoms with Crippen LogP contribution in [0.4, 0.5) is 15.1 Å². The van der Waals surface area contributed by atoms with E-state index < -0.39 is 12.1 Å². The van der Waals surface area contributed by atoms with E-state index in [-0.39, 0.29) is 12.4 Å². The van der Waals surface area contributed by atoms with Gasteiger partial charge in [-0.05, 0) is 23.8 Å². The van der Waals surface area contributed by atoms with Crippen LogP contribution >= 0.6 is 0 Å². The molecule has 0 spiro atoms. The summed E-state index contributed by atoms with van der Waals surface area (Å²) in [5.41, 5.74) is 0.537. The van der Waals surface area contributed by atoms with E-state index in [0.717, 1.165) is 0 Å². The van der Waals surface area contributed by atoms with Gasteiger partial charge in [-0.3, -0.25) is 0 Å². The lowest BCUT2D eigenvalue weighted by molar-refractivity contribution is 0.173. The minimum Gasteiger partial charge on any atom is -0.387 e. The normalized spacial score (nSPS) is 11.6. The molecule has 0 unspecified atom stereocenters. The van der Waals surface area contributed by atoms with E-state index >= 15 is 0 Å². The fraction of sp³-hybridized carbons (Fsp3) is 0.267. The standard InChI is InChI=1S/C15H18FN5O2/c16-12-4-2-11(3-5-12)13(22)10-21-15(23)20-9-8-19-14-17-6-1-7-18-14/h1-7,13,22H,8-10H2,(H,17,18,19)(H2,20,21,23)/t13-/m1/s1. The van der Waals surface area contributed by atoms with E-state index in [9.17, 15) is 14.3 Å². The molecule has 0 aliphatic rings. The molecule has 1 heterocycles. The van der Waals surface area contributed by atoms with E-state index in [1.54, 1.807) is 18.5 Å². The van der Waals surface area contributed by atoms with Gasteiger partial charge in [-0.25, -0.2) is 19.2 Å².